The first-order valence-electron chi connectivity index (χ1n) is 10.9. The van der Waals surface area contributed by atoms with Crippen molar-refractivity contribution in [3.05, 3.63) is 75.3 Å². The number of hydrogen-bond donors (Lipinski definition) is 0. The molecule has 2 aromatic heterocycles. The topological polar surface area (TPSA) is 68.2 Å². The molecule has 7 heteroatoms. The predicted molar refractivity (Wildman–Crippen MR) is 127 cm³/mol. The van der Waals surface area contributed by atoms with Crippen LogP contribution in [0.4, 0.5) is 0 Å². The normalized spacial score (nSPS) is 14.8. The molecule has 0 atom stereocenters. The monoisotopic (exact) mass is 448 g/mol. The van der Waals surface area contributed by atoms with Gasteiger partial charge in [0.15, 0.2) is 0 Å². The van der Waals surface area contributed by atoms with Gasteiger partial charge in [-0.05, 0) is 63.5 Å². The van der Waals surface area contributed by atoms with Crippen LogP contribution in [0.3, 0.4) is 0 Å². The van der Waals surface area contributed by atoms with E-state index in [-0.39, 0.29) is 5.91 Å². The standard InChI is InChI=1S/C25H28N4O2S/c1-17-14-18(2)27-25(26-17)21-10-12-29(13-11-21)24(30)9-6-20-4-7-23(8-5-20)31-15-22-16-32-19(3)28-22/h4-9,14,16,21H,10-13,15H2,1-3H3. The largest absolute Gasteiger partial charge is 0.487 e. The fourth-order valence-electron chi connectivity index (χ4n) is 3.87. The van der Waals surface area contributed by atoms with Gasteiger partial charge in [0.05, 0.1) is 10.7 Å². The quantitative estimate of drug-likeness (QED) is 0.504. The first-order valence-corrected chi connectivity index (χ1v) is 11.8. The third kappa shape index (κ3) is 5.79. The minimum absolute atomic E-state index is 0.0454. The highest BCUT2D eigenvalue weighted by Crippen LogP contribution is 2.26. The molecule has 0 unspecified atom stereocenters. The smallest absolute Gasteiger partial charge is 0.246 e. The number of aromatic nitrogens is 3. The molecule has 0 aliphatic carbocycles. The molecule has 0 spiro atoms. The van der Waals surface area contributed by atoms with E-state index in [4.69, 9.17) is 4.74 Å². The zero-order chi connectivity index (χ0) is 22.5. The number of carbonyl (C=O) groups excluding carboxylic acids is 1. The summed E-state index contributed by atoms with van der Waals surface area (Å²) in [6.07, 6.45) is 5.30. The number of carbonyl (C=O) groups is 1. The summed E-state index contributed by atoms with van der Waals surface area (Å²) in [7, 11) is 0. The maximum absolute atomic E-state index is 12.6. The van der Waals surface area contributed by atoms with Gasteiger partial charge in [-0.2, -0.15) is 0 Å². The van der Waals surface area contributed by atoms with Crippen molar-refractivity contribution in [3.8, 4) is 5.75 Å². The van der Waals surface area contributed by atoms with E-state index in [0.29, 0.717) is 12.5 Å². The molecule has 0 saturated carbocycles. The van der Waals surface area contributed by atoms with E-state index >= 15 is 0 Å². The van der Waals surface area contributed by atoms with Crippen molar-refractivity contribution in [2.45, 2.75) is 46.1 Å². The van der Waals surface area contributed by atoms with Gasteiger partial charge in [-0.15, -0.1) is 11.3 Å². The summed E-state index contributed by atoms with van der Waals surface area (Å²) in [6, 6.07) is 9.73. The molecule has 0 N–H and O–H groups in total. The summed E-state index contributed by atoms with van der Waals surface area (Å²) in [5.41, 5.74) is 3.91. The van der Waals surface area contributed by atoms with Gasteiger partial charge in [0.25, 0.3) is 0 Å². The lowest BCUT2D eigenvalue weighted by Crippen LogP contribution is -2.37. The second-order valence-corrected chi connectivity index (χ2v) is 9.22. The van der Waals surface area contributed by atoms with E-state index in [2.05, 4.69) is 15.0 Å². The summed E-state index contributed by atoms with van der Waals surface area (Å²) < 4.78 is 5.78. The second kappa shape index (κ2) is 10.0. The van der Waals surface area contributed by atoms with Gasteiger partial charge in [-0.3, -0.25) is 4.79 Å². The number of likely N-dealkylation sites (tertiary alicyclic amines) is 1. The number of benzene rings is 1. The molecule has 1 aliphatic heterocycles. The average Bonchev–Trinajstić information content (AvgIpc) is 3.21. The summed E-state index contributed by atoms with van der Waals surface area (Å²) in [4.78, 5) is 28.1. The first-order chi connectivity index (χ1) is 15.5. The number of piperidine rings is 1. The van der Waals surface area contributed by atoms with Crippen molar-refractivity contribution in [3.63, 3.8) is 0 Å². The molecule has 1 aromatic carbocycles. The lowest BCUT2D eigenvalue weighted by molar-refractivity contribution is -0.127. The zero-order valence-electron chi connectivity index (χ0n) is 18.7. The molecule has 0 radical (unpaired) electrons. The van der Waals surface area contributed by atoms with E-state index in [1.165, 1.54) is 0 Å². The van der Waals surface area contributed by atoms with Crippen LogP contribution in [-0.4, -0.2) is 38.8 Å². The van der Waals surface area contributed by atoms with Crippen LogP contribution in [-0.2, 0) is 11.4 Å². The summed E-state index contributed by atoms with van der Waals surface area (Å²) in [6.45, 7) is 7.91. The lowest BCUT2D eigenvalue weighted by atomic mass is 9.95. The van der Waals surface area contributed by atoms with E-state index < -0.39 is 0 Å². The molecule has 1 saturated heterocycles. The molecule has 1 amide bonds. The number of aryl methyl sites for hydroxylation is 3. The number of amides is 1. The Bertz CT molecular complexity index is 1080. The number of ether oxygens (including phenoxy) is 1. The maximum atomic E-state index is 12.6. The molecule has 3 aromatic rings. The van der Waals surface area contributed by atoms with Crippen LogP contribution in [0.1, 0.15) is 52.2 Å². The van der Waals surface area contributed by atoms with Gasteiger partial charge < -0.3 is 9.64 Å². The summed E-state index contributed by atoms with van der Waals surface area (Å²) in [5, 5.41) is 3.05. The molecule has 4 rings (SSSR count). The molecule has 166 valence electrons. The van der Waals surface area contributed by atoms with Crippen LogP contribution in [0.15, 0.2) is 41.8 Å². The van der Waals surface area contributed by atoms with Crippen LogP contribution in [0.2, 0.25) is 0 Å². The van der Waals surface area contributed by atoms with Gasteiger partial charge in [-0.1, -0.05) is 12.1 Å². The number of hydrogen-bond acceptors (Lipinski definition) is 6. The number of nitrogens with zero attached hydrogens (tertiary/aromatic N) is 4. The van der Waals surface area contributed by atoms with Crippen molar-refractivity contribution >= 4 is 23.3 Å². The van der Waals surface area contributed by atoms with Crippen LogP contribution in [0.25, 0.3) is 6.08 Å². The van der Waals surface area contributed by atoms with Gasteiger partial charge in [0, 0.05) is 41.9 Å². The molecular weight excluding hydrogens is 420 g/mol. The lowest BCUT2D eigenvalue weighted by Gasteiger charge is -2.30. The van der Waals surface area contributed by atoms with Crippen LogP contribution in [0.5, 0.6) is 5.75 Å². The van der Waals surface area contributed by atoms with Crippen molar-refractivity contribution in [1.82, 2.24) is 19.9 Å². The Balaban J connectivity index is 1.27. The van der Waals surface area contributed by atoms with E-state index in [1.54, 1.807) is 17.4 Å². The second-order valence-electron chi connectivity index (χ2n) is 8.16. The SMILES string of the molecule is Cc1cc(C)nc(C2CCN(C(=O)C=Cc3ccc(OCc4csc(C)n4)cc3)CC2)n1. The Kier molecular flexibility index (Phi) is 6.95. The number of thiazole rings is 1. The predicted octanol–water partition coefficient (Wildman–Crippen LogP) is 4.86. The highest BCUT2D eigenvalue weighted by Gasteiger charge is 2.24. The Hall–Kier alpha value is -3.06. The van der Waals surface area contributed by atoms with Crippen molar-refractivity contribution in [2.24, 2.45) is 0 Å². The van der Waals surface area contributed by atoms with Crippen molar-refractivity contribution in [1.29, 1.82) is 0 Å². The van der Waals surface area contributed by atoms with Crippen molar-refractivity contribution in [2.75, 3.05) is 13.1 Å². The molecule has 32 heavy (non-hydrogen) atoms. The third-order valence-electron chi connectivity index (χ3n) is 5.52. The van der Waals surface area contributed by atoms with Crippen LogP contribution >= 0.6 is 11.3 Å². The Labute approximate surface area is 193 Å². The van der Waals surface area contributed by atoms with Crippen molar-refractivity contribution < 1.29 is 9.53 Å². The molecule has 0 bridgehead atoms. The Morgan fingerprint density at radius 3 is 2.41 bits per heavy atom. The summed E-state index contributed by atoms with van der Waals surface area (Å²) >= 11 is 1.62. The maximum Gasteiger partial charge on any atom is 0.246 e. The Morgan fingerprint density at radius 2 is 1.78 bits per heavy atom. The zero-order valence-corrected chi connectivity index (χ0v) is 19.6. The average molecular weight is 449 g/mol. The minimum Gasteiger partial charge on any atom is -0.487 e. The van der Waals surface area contributed by atoms with E-state index in [9.17, 15) is 4.79 Å². The molecule has 3 heterocycles. The molecule has 1 aliphatic rings. The van der Waals surface area contributed by atoms with E-state index in [0.717, 1.165) is 65.2 Å². The minimum atomic E-state index is 0.0454. The fourth-order valence-corrected chi connectivity index (χ4v) is 4.47. The van der Waals surface area contributed by atoms with Gasteiger partial charge in [0.2, 0.25) is 5.91 Å². The van der Waals surface area contributed by atoms with Crippen LogP contribution in [0, 0.1) is 20.8 Å². The molecule has 1 fully saturated rings. The molecular formula is C25H28N4O2S. The van der Waals surface area contributed by atoms with Gasteiger partial charge in [-0.25, -0.2) is 15.0 Å². The van der Waals surface area contributed by atoms with Gasteiger partial charge >= 0.3 is 0 Å². The summed E-state index contributed by atoms with van der Waals surface area (Å²) in [5.74, 6) is 2.07. The highest BCUT2D eigenvalue weighted by atomic mass is 32.1. The highest BCUT2D eigenvalue weighted by molar-refractivity contribution is 7.09. The molecule has 6 nitrogen and oxygen atoms in total. The fraction of sp³-hybridized carbons (Fsp3) is 0.360. The first kappa shape index (κ1) is 22.1. The van der Waals surface area contributed by atoms with E-state index in [1.807, 2.05) is 67.5 Å². The van der Waals surface area contributed by atoms with Crippen LogP contribution < -0.4 is 4.74 Å². The third-order valence-corrected chi connectivity index (χ3v) is 6.35. The number of rotatable bonds is 6. The van der Waals surface area contributed by atoms with Gasteiger partial charge in [0.1, 0.15) is 18.2 Å². The Morgan fingerprint density at radius 1 is 1.09 bits per heavy atom.